The van der Waals surface area contributed by atoms with E-state index in [0.29, 0.717) is 18.6 Å². The van der Waals surface area contributed by atoms with Crippen LogP contribution in [0.4, 0.5) is 13.2 Å². The summed E-state index contributed by atoms with van der Waals surface area (Å²) >= 11 is 1.09. The van der Waals surface area contributed by atoms with E-state index in [1.54, 1.807) is 18.2 Å². The summed E-state index contributed by atoms with van der Waals surface area (Å²) in [6.45, 7) is 2.01. The molecule has 6 heteroatoms. The minimum absolute atomic E-state index is 0.261. The molecule has 2 aromatic rings. The number of hydrogen-bond donors (Lipinski definition) is 0. The monoisotopic (exact) mass is 331 g/mol. The van der Waals surface area contributed by atoms with Crippen molar-refractivity contribution in [3.05, 3.63) is 36.4 Å². The average Bonchev–Trinajstić information content (AvgIpc) is 2.49. The second-order valence-corrected chi connectivity index (χ2v) is 5.86. The molecule has 0 atom stereocenters. The van der Waals surface area contributed by atoms with Crippen LogP contribution in [0.5, 0.6) is 5.75 Å². The molecule has 0 bridgehead atoms. The fraction of sp³-hybridized carbons (Fsp3) is 0.375. The van der Waals surface area contributed by atoms with Crippen LogP contribution in [0.1, 0.15) is 6.92 Å². The molecule has 0 spiro atoms. The van der Waals surface area contributed by atoms with Crippen LogP contribution in [-0.2, 0) is 16.5 Å². The van der Waals surface area contributed by atoms with E-state index in [-0.39, 0.29) is 5.75 Å². The molecule has 120 valence electrons. The van der Waals surface area contributed by atoms with Gasteiger partial charge in [-0.05, 0) is 25.1 Å². The Balaban J connectivity index is 2.19. The normalized spacial score (nSPS) is 11.8. The van der Waals surface area contributed by atoms with Crippen LogP contribution in [0.3, 0.4) is 0 Å². The molecule has 2 aromatic carbocycles. The molecular formula is C16H18F3O2S+. The van der Waals surface area contributed by atoms with Crippen molar-refractivity contribution in [2.45, 2.75) is 18.0 Å². The largest absolute Gasteiger partial charge is 0.483 e. The Bertz CT molecular complexity index is 614. The molecular weight excluding hydrogens is 313 g/mol. The third-order valence-electron chi connectivity index (χ3n) is 2.97. The minimum atomic E-state index is -4.34. The van der Waals surface area contributed by atoms with Crippen molar-refractivity contribution in [3.8, 4) is 5.75 Å². The summed E-state index contributed by atoms with van der Waals surface area (Å²) in [5.41, 5.74) is 0. The van der Waals surface area contributed by atoms with Crippen molar-refractivity contribution >= 4 is 22.5 Å². The molecule has 0 radical (unpaired) electrons. The lowest BCUT2D eigenvalue weighted by Gasteiger charge is -2.11. The number of halogens is 3. The van der Waals surface area contributed by atoms with Crippen LogP contribution in [0.25, 0.3) is 10.8 Å². The van der Waals surface area contributed by atoms with E-state index in [1.165, 1.54) is 0 Å². The van der Waals surface area contributed by atoms with Gasteiger partial charge in [0.1, 0.15) is 11.5 Å². The maximum atomic E-state index is 12.3. The molecule has 2 nitrogen and oxygen atoms in total. The van der Waals surface area contributed by atoms with Gasteiger partial charge in [0.25, 0.3) is 0 Å². The Kier molecular flexibility index (Phi) is 5.97. The third-order valence-corrected chi connectivity index (χ3v) is 4.11. The fourth-order valence-electron chi connectivity index (χ4n) is 2.05. The quantitative estimate of drug-likeness (QED) is 0.434. The van der Waals surface area contributed by atoms with E-state index in [0.717, 1.165) is 27.8 Å². The number of rotatable bonds is 7. The summed E-state index contributed by atoms with van der Waals surface area (Å²) in [5.74, 6) is 1.11. The first kappa shape index (κ1) is 17.0. The Morgan fingerprint density at radius 1 is 1.05 bits per heavy atom. The highest BCUT2D eigenvalue weighted by molar-refractivity contribution is 7.78. The number of alkyl halides is 3. The molecule has 0 saturated heterocycles. The summed E-state index contributed by atoms with van der Waals surface area (Å²) in [7, 11) is 0. The molecule has 22 heavy (non-hydrogen) atoms. The number of benzene rings is 2. The van der Waals surface area contributed by atoms with Gasteiger partial charge in [-0.1, -0.05) is 18.2 Å². The van der Waals surface area contributed by atoms with Gasteiger partial charge in [-0.2, -0.15) is 13.2 Å². The molecule has 0 aliphatic heterocycles. The van der Waals surface area contributed by atoms with E-state index < -0.39 is 12.8 Å². The van der Waals surface area contributed by atoms with Crippen LogP contribution in [0.15, 0.2) is 41.3 Å². The molecule has 0 unspecified atom stereocenters. The fourth-order valence-corrected chi connectivity index (χ4v) is 3.06. The van der Waals surface area contributed by atoms with Crippen molar-refractivity contribution in [1.82, 2.24) is 0 Å². The van der Waals surface area contributed by atoms with E-state index in [1.807, 2.05) is 25.1 Å². The van der Waals surface area contributed by atoms with Gasteiger partial charge < -0.3 is 9.47 Å². The maximum Gasteiger partial charge on any atom is 0.422 e. The first-order valence-corrected chi connectivity index (χ1v) is 8.06. The first-order valence-electron chi connectivity index (χ1n) is 6.98. The van der Waals surface area contributed by atoms with Crippen molar-refractivity contribution in [1.29, 1.82) is 0 Å². The molecule has 0 aliphatic carbocycles. The second kappa shape index (κ2) is 7.74. The topological polar surface area (TPSA) is 18.5 Å². The Morgan fingerprint density at radius 3 is 2.45 bits per heavy atom. The first-order chi connectivity index (χ1) is 10.5. The summed E-state index contributed by atoms with van der Waals surface area (Å²) in [6.07, 6.45) is -4.34. The van der Waals surface area contributed by atoms with Gasteiger partial charge in [0, 0.05) is 29.1 Å². The average molecular weight is 331 g/mol. The summed E-state index contributed by atoms with van der Waals surface area (Å²) in [4.78, 5) is 1.06. The Labute approximate surface area is 131 Å². The smallest absolute Gasteiger partial charge is 0.422 e. The van der Waals surface area contributed by atoms with Crippen LogP contribution in [0.2, 0.25) is 0 Å². The van der Waals surface area contributed by atoms with Crippen LogP contribution in [0, 0.1) is 0 Å². The van der Waals surface area contributed by atoms with Gasteiger partial charge in [-0.3, -0.25) is 0 Å². The summed E-state index contributed by atoms with van der Waals surface area (Å²) in [5, 5.41) is 1.62. The van der Waals surface area contributed by atoms with Crippen molar-refractivity contribution in [2.75, 3.05) is 25.6 Å². The standard InChI is InChI=1S/C16H17F3O2S/c1-2-20-9-10-22-15-8-7-14(21-11-16(17,18)19)12-5-3-4-6-13(12)15/h3-8H,2,9-11H2,1H3/p+1. The zero-order chi connectivity index (χ0) is 16.0. The number of fused-ring (bicyclic) bond motifs is 1. The Hall–Kier alpha value is -1.40. The predicted molar refractivity (Wildman–Crippen MR) is 83.9 cm³/mol. The third kappa shape index (κ3) is 4.81. The molecule has 0 amide bonds. The van der Waals surface area contributed by atoms with E-state index in [2.05, 4.69) is 0 Å². The van der Waals surface area contributed by atoms with Gasteiger partial charge in [0.05, 0.1) is 6.61 Å². The van der Waals surface area contributed by atoms with Crippen LogP contribution in [-0.4, -0.2) is 31.7 Å². The molecule has 0 saturated carbocycles. The summed E-state index contributed by atoms with van der Waals surface area (Å²) in [6, 6.07) is 10.8. The molecule has 0 aliphatic rings. The molecule has 0 aromatic heterocycles. The zero-order valence-electron chi connectivity index (χ0n) is 12.2. The zero-order valence-corrected chi connectivity index (χ0v) is 13.1. The lowest BCUT2D eigenvalue weighted by atomic mass is 10.1. The van der Waals surface area contributed by atoms with Gasteiger partial charge in [-0.15, -0.1) is 0 Å². The highest BCUT2D eigenvalue weighted by Crippen LogP contribution is 2.30. The highest BCUT2D eigenvalue weighted by atomic mass is 32.2. The molecule has 0 heterocycles. The highest BCUT2D eigenvalue weighted by Gasteiger charge is 2.28. The van der Waals surface area contributed by atoms with Crippen molar-refractivity contribution in [2.24, 2.45) is 0 Å². The lowest BCUT2D eigenvalue weighted by molar-refractivity contribution is -0.153. The van der Waals surface area contributed by atoms with Crippen molar-refractivity contribution in [3.63, 3.8) is 0 Å². The Morgan fingerprint density at radius 2 is 1.77 bits per heavy atom. The van der Waals surface area contributed by atoms with Crippen molar-refractivity contribution < 1.29 is 22.6 Å². The predicted octanol–water partition coefficient (Wildman–Crippen LogP) is 3.99. The number of ether oxygens (including phenoxy) is 2. The van der Waals surface area contributed by atoms with Gasteiger partial charge in [-0.25, -0.2) is 0 Å². The van der Waals surface area contributed by atoms with Gasteiger partial charge >= 0.3 is 6.18 Å². The van der Waals surface area contributed by atoms with E-state index in [4.69, 9.17) is 9.47 Å². The van der Waals surface area contributed by atoms with Crippen LogP contribution < -0.4 is 4.74 Å². The van der Waals surface area contributed by atoms with Gasteiger partial charge in [0.2, 0.25) is 0 Å². The van der Waals surface area contributed by atoms with Gasteiger partial charge in [0.15, 0.2) is 11.5 Å². The SMILES string of the molecule is CCOCC[SH+]c1ccc(OCC(F)(F)F)c2ccccc12. The van der Waals surface area contributed by atoms with E-state index >= 15 is 0 Å². The number of hydrogen-bond acceptors (Lipinski definition) is 2. The second-order valence-electron chi connectivity index (χ2n) is 4.61. The molecule has 0 fully saturated rings. The lowest BCUT2D eigenvalue weighted by Crippen LogP contribution is -2.19. The maximum absolute atomic E-state index is 12.3. The molecule has 0 N–H and O–H groups in total. The minimum Gasteiger partial charge on any atom is -0.483 e. The summed E-state index contributed by atoms with van der Waals surface area (Å²) < 4.78 is 47.2. The number of thiol groups is 1. The van der Waals surface area contributed by atoms with E-state index in [9.17, 15) is 13.2 Å². The molecule has 2 rings (SSSR count). The van der Waals surface area contributed by atoms with Crippen LogP contribution >= 0.6 is 0 Å².